The molecule has 2 aliphatic rings. The van der Waals surface area contributed by atoms with E-state index in [0.717, 1.165) is 11.3 Å². The Morgan fingerprint density at radius 2 is 1.75 bits per heavy atom. The molecule has 0 unspecified atom stereocenters. The molecule has 0 radical (unpaired) electrons. The normalized spacial score (nSPS) is 24.8. The van der Waals surface area contributed by atoms with Crippen molar-refractivity contribution < 1.29 is 9.59 Å². The minimum Gasteiger partial charge on any atom is -0.350 e. The SMILES string of the molecule is CC(C)[C@]1(C)CC(=O)N([C@H](C)c2cccc(N3C[C@H](c4ccccc4)CC3=O)c2)C(=N)N1. The lowest BCUT2D eigenvalue weighted by Crippen LogP contribution is -2.63. The molecule has 168 valence electrons. The van der Waals surface area contributed by atoms with Gasteiger partial charge in [-0.15, -0.1) is 0 Å². The van der Waals surface area contributed by atoms with Gasteiger partial charge in [-0.25, -0.2) is 0 Å². The zero-order chi connectivity index (χ0) is 23.0. The highest BCUT2D eigenvalue weighted by Gasteiger charge is 2.42. The van der Waals surface area contributed by atoms with E-state index in [1.165, 1.54) is 10.5 Å². The Hall–Kier alpha value is -3.15. The van der Waals surface area contributed by atoms with Crippen LogP contribution in [0, 0.1) is 11.3 Å². The number of benzene rings is 2. The molecule has 2 N–H and O–H groups in total. The summed E-state index contributed by atoms with van der Waals surface area (Å²) in [5.41, 5.74) is 2.51. The molecular formula is C26H32N4O2. The van der Waals surface area contributed by atoms with Crippen molar-refractivity contribution in [3.05, 3.63) is 65.7 Å². The molecule has 2 saturated heterocycles. The zero-order valence-corrected chi connectivity index (χ0v) is 19.3. The van der Waals surface area contributed by atoms with Gasteiger partial charge in [-0.3, -0.25) is 19.9 Å². The highest BCUT2D eigenvalue weighted by atomic mass is 16.2. The van der Waals surface area contributed by atoms with Crippen LogP contribution in [0.25, 0.3) is 0 Å². The van der Waals surface area contributed by atoms with Crippen LogP contribution >= 0.6 is 0 Å². The van der Waals surface area contributed by atoms with Gasteiger partial charge in [0.25, 0.3) is 0 Å². The number of rotatable bonds is 5. The van der Waals surface area contributed by atoms with Gasteiger partial charge in [0.1, 0.15) is 0 Å². The number of carbonyl (C=O) groups is 2. The van der Waals surface area contributed by atoms with Crippen LogP contribution in [-0.2, 0) is 9.59 Å². The van der Waals surface area contributed by atoms with E-state index in [-0.39, 0.29) is 35.7 Å². The summed E-state index contributed by atoms with van der Waals surface area (Å²) < 4.78 is 0. The van der Waals surface area contributed by atoms with Crippen molar-refractivity contribution in [2.24, 2.45) is 5.92 Å². The summed E-state index contributed by atoms with van der Waals surface area (Å²) in [5, 5.41) is 11.8. The van der Waals surface area contributed by atoms with E-state index in [0.29, 0.717) is 19.4 Å². The first-order valence-corrected chi connectivity index (χ1v) is 11.3. The molecule has 2 aromatic rings. The summed E-state index contributed by atoms with van der Waals surface area (Å²) in [6.07, 6.45) is 0.844. The first-order chi connectivity index (χ1) is 15.2. The van der Waals surface area contributed by atoms with Gasteiger partial charge in [-0.1, -0.05) is 56.3 Å². The molecular weight excluding hydrogens is 400 g/mol. The van der Waals surface area contributed by atoms with Crippen molar-refractivity contribution in [3.8, 4) is 0 Å². The Labute approximate surface area is 190 Å². The van der Waals surface area contributed by atoms with Crippen LogP contribution in [0.1, 0.15) is 63.6 Å². The molecule has 0 saturated carbocycles. The van der Waals surface area contributed by atoms with Gasteiger partial charge in [-0.2, -0.15) is 0 Å². The van der Waals surface area contributed by atoms with Crippen LogP contribution < -0.4 is 10.2 Å². The summed E-state index contributed by atoms with van der Waals surface area (Å²) in [5.74, 6) is 0.603. The standard InChI is InChI=1S/C26H32N4O2/c1-17(2)26(4)15-24(32)30(25(27)28-26)18(3)20-11-8-12-22(13-20)29-16-21(14-23(29)31)19-9-6-5-7-10-19/h5-13,17-18,21H,14-16H2,1-4H3,(H2,27,28)/t18-,21-,26+/m1/s1. The Morgan fingerprint density at radius 1 is 1.03 bits per heavy atom. The number of guanidine groups is 1. The van der Waals surface area contributed by atoms with Crippen LogP contribution in [-0.4, -0.2) is 34.8 Å². The number of carbonyl (C=O) groups excluding carboxylic acids is 2. The second-order valence-electron chi connectivity index (χ2n) is 9.57. The maximum atomic E-state index is 13.0. The minimum atomic E-state index is -0.416. The molecule has 6 nitrogen and oxygen atoms in total. The first-order valence-electron chi connectivity index (χ1n) is 11.3. The van der Waals surface area contributed by atoms with E-state index >= 15 is 0 Å². The van der Waals surface area contributed by atoms with E-state index in [1.807, 2.05) is 61.2 Å². The highest BCUT2D eigenvalue weighted by molar-refractivity contribution is 6.00. The Bertz CT molecular complexity index is 1020. The summed E-state index contributed by atoms with van der Waals surface area (Å²) in [7, 11) is 0. The number of amides is 2. The Balaban J connectivity index is 1.54. The number of hydrogen-bond acceptors (Lipinski definition) is 3. The summed E-state index contributed by atoms with van der Waals surface area (Å²) >= 11 is 0. The molecule has 32 heavy (non-hydrogen) atoms. The van der Waals surface area contributed by atoms with Gasteiger partial charge < -0.3 is 10.2 Å². The van der Waals surface area contributed by atoms with Crippen LogP contribution in [0.5, 0.6) is 0 Å². The smallest absolute Gasteiger partial charge is 0.232 e. The van der Waals surface area contributed by atoms with Crippen LogP contribution in [0.3, 0.4) is 0 Å². The van der Waals surface area contributed by atoms with Gasteiger partial charge in [0, 0.05) is 30.1 Å². The van der Waals surface area contributed by atoms with Crippen molar-refractivity contribution in [2.75, 3.05) is 11.4 Å². The monoisotopic (exact) mass is 432 g/mol. The minimum absolute atomic E-state index is 0.0516. The molecule has 2 aromatic carbocycles. The summed E-state index contributed by atoms with van der Waals surface area (Å²) in [4.78, 5) is 29.2. The second kappa shape index (κ2) is 8.41. The third-order valence-electron chi connectivity index (χ3n) is 7.15. The molecule has 2 aliphatic heterocycles. The number of hydrogen-bond donors (Lipinski definition) is 2. The van der Waals surface area contributed by atoms with E-state index < -0.39 is 5.54 Å². The molecule has 6 heteroatoms. The van der Waals surface area contributed by atoms with Gasteiger partial charge in [0.2, 0.25) is 11.8 Å². The topological polar surface area (TPSA) is 76.5 Å². The van der Waals surface area contributed by atoms with Crippen molar-refractivity contribution in [2.45, 2.75) is 58.0 Å². The second-order valence-corrected chi connectivity index (χ2v) is 9.57. The average Bonchev–Trinajstić information content (AvgIpc) is 3.15. The lowest BCUT2D eigenvalue weighted by molar-refractivity contribution is -0.132. The van der Waals surface area contributed by atoms with Gasteiger partial charge >= 0.3 is 0 Å². The van der Waals surface area contributed by atoms with Crippen molar-refractivity contribution in [3.63, 3.8) is 0 Å². The third-order valence-corrected chi connectivity index (χ3v) is 7.15. The fraction of sp³-hybridized carbons (Fsp3) is 0.423. The first kappa shape index (κ1) is 22.1. The third kappa shape index (κ3) is 4.01. The van der Waals surface area contributed by atoms with E-state index in [4.69, 9.17) is 5.41 Å². The quantitative estimate of drug-likeness (QED) is 0.733. The molecule has 2 fully saturated rings. The fourth-order valence-electron chi connectivity index (χ4n) is 4.66. The average molecular weight is 433 g/mol. The predicted molar refractivity (Wildman–Crippen MR) is 127 cm³/mol. The molecule has 0 spiro atoms. The molecule has 2 amide bonds. The summed E-state index contributed by atoms with van der Waals surface area (Å²) in [6, 6.07) is 17.7. The predicted octanol–water partition coefficient (Wildman–Crippen LogP) is 4.44. The van der Waals surface area contributed by atoms with Gasteiger partial charge in [0.05, 0.1) is 12.5 Å². The molecule has 3 atom stereocenters. The van der Waals surface area contributed by atoms with Gasteiger partial charge in [0.15, 0.2) is 5.96 Å². The van der Waals surface area contributed by atoms with Crippen molar-refractivity contribution >= 4 is 23.5 Å². The molecule has 0 bridgehead atoms. The van der Waals surface area contributed by atoms with Crippen molar-refractivity contribution in [1.82, 2.24) is 10.2 Å². The molecule has 0 aromatic heterocycles. The molecule has 4 rings (SSSR count). The molecule has 2 heterocycles. The lowest BCUT2D eigenvalue weighted by atomic mass is 9.83. The van der Waals surface area contributed by atoms with Crippen molar-refractivity contribution in [1.29, 1.82) is 5.41 Å². The number of anilines is 1. The number of nitrogens with zero attached hydrogens (tertiary/aromatic N) is 2. The maximum Gasteiger partial charge on any atom is 0.232 e. The Kier molecular flexibility index (Phi) is 5.80. The van der Waals surface area contributed by atoms with E-state index in [9.17, 15) is 9.59 Å². The summed E-state index contributed by atoms with van der Waals surface area (Å²) in [6.45, 7) is 8.70. The fourth-order valence-corrected chi connectivity index (χ4v) is 4.66. The van der Waals surface area contributed by atoms with Crippen LogP contribution in [0.15, 0.2) is 54.6 Å². The van der Waals surface area contributed by atoms with Crippen LogP contribution in [0.4, 0.5) is 5.69 Å². The number of nitrogens with one attached hydrogen (secondary N) is 2. The Morgan fingerprint density at radius 3 is 2.41 bits per heavy atom. The van der Waals surface area contributed by atoms with Crippen LogP contribution in [0.2, 0.25) is 0 Å². The van der Waals surface area contributed by atoms with E-state index in [2.05, 4.69) is 31.3 Å². The maximum absolute atomic E-state index is 13.0. The van der Waals surface area contributed by atoms with Gasteiger partial charge in [-0.05, 0) is 43.0 Å². The van der Waals surface area contributed by atoms with E-state index in [1.54, 1.807) is 0 Å². The lowest BCUT2D eigenvalue weighted by Gasteiger charge is -2.45. The zero-order valence-electron chi connectivity index (χ0n) is 19.3. The largest absolute Gasteiger partial charge is 0.350 e. The molecule has 0 aliphatic carbocycles. The highest BCUT2D eigenvalue weighted by Crippen LogP contribution is 2.35.